The standard InChI is InChI=1S/C16H14O4/c1-10(17)11-3-5-14(18-2)13(7-11)12-4-6-15-16(8-12)20-9-19-15/h3-8H,9H2,1-2H3. The zero-order valence-corrected chi connectivity index (χ0v) is 11.3. The van der Waals surface area contributed by atoms with E-state index in [0.29, 0.717) is 17.1 Å². The van der Waals surface area contributed by atoms with Crippen LogP contribution < -0.4 is 14.2 Å². The first-order chi connectivity index (χ1) is 9.69. The van der Waals surface area contributed by atoms with Gasteiger partial charge in [0.25, 0.3) is 0 Å². The molecule has 1 aliphatic rings. The Balaban J connectivity index is 2.12. The number of ketones is 1. The van der Waals surface area contributed by atoms with Crippen LogP contribution in [-0.2, 0) is 0 Å². The third kappa shape index (κ3) is 2.09. The van der Waals surface area contributed by atoms with Gasteiger partial charge in [0.2, 0.25) is 6.79 Å². The molecule has 0 saturated carbocycles. The van der Waals surface area contributed by atoms with Crippen LogP contribution in [0, 0.1) is 0 Å². The smallest absolute Gasteiger partial charge is 0.231 e. The van der Waals surface area contributed by atoms with Gasteiger partial charge in [0.1, 0.15) is 5.75 Å². The molecule has 0 atom stereocenters. The number of hydrogen-bond acceptors (Lipinski definition) is 4. The normalized spacial score (nSPS) is 12.3. The van der Waals surface area contributed by atoms with Crippen molar-refractivity contribution >= 4 is 5.78 Å². The van der Waals surface area contributed by atoms with E-state index in [0.717, 1.165) is 16.9 Å². The summed E-state index contributed by atoms with van der Waals surface area (Å²) in [4.78, 5) is 11.5. The van der Waals surface area contributed by atoms with Crippen LogP contribution in [0.25, 0.3) is 11.1 Å². The van der Waals surface area contributed by atoms with Crippen LogP contribution in [-0.4, -0.2) is 19.7 Å². The van der Waals surface area contributed by atoms with Crippen molar-refractivity contribution in [2.24, 2.45) is 0 Å². The molecule has 4 heteroatoms. The molecule has 0 fully saturated rings. The third-order valence-electron chi connectivity index (χ3n) is 3.29. The lowest BCUT2D eigenvalue weighted by Gasteiger charge is -2.10. The van der Waals surface area contributed by atoms with Crippen molar-refractivity contribution in [3.63, 3.8) is 0 Å². The van der Waals surface area contributed by atoms with E-state index < -0.39 is 0 Å². The molecule has 0 saturated heterocycles. The highest BCUT2D eigenvalue weighted by molar-refractivity contribution is 5.96. The van der Waals surface area contributed by atoms with Crippen molar-refractivity contribution in [2.75, 3.05) is 13.9 Å². The number of carbonyl (C=O) groups excluding carboxylic acids is 1. The molecule has 1 heterocycles. The lowest BCUT2D eigenvalue weighted by atomic mass is 10.00. The number of benzene rings is 2. The summed E-state index contributed by atoms with van der Waals surface area (Å²) >= 11 is 0. The van der Waals surface area contributed by atoms with Crippen LogP contribution in [0.4, 0.5) is 0 Å². The van der Waals surface area contributed by atoms with Gasteiger partial charge in [0.15, 0.2) is 17.3 Å². The van der Waals surface area contributed by atoms with Gasteiger partial charge >= 0.3 is 0 Å². The number of ether oxygens (including phenoxy) is 3. The number of carbonyl (C=O) groups is 1. The average molecular weight is 270 g/mol. The summed E-state index contributed by atoms with van der Waals surface area (Å²) in [6.07, 6.45) is 0. The molecule has 0 unspecified atom stereocenters. The Morgan fingerprint density at radius 1 is 1.10 bits per heavy atom. The van der Waals surface area contributed by atoms with E-state index in [1.54, 1.807) is 26.2 Å². The monoisotopic (exact) mass is 270 g/mol. The largest absolute Gasteiger partial charge is 0.496 e. The van der Waals surface area contributed by atoms with Gasteiger partial charge in [-0.2, -0.15) is 0 Å². The highest BCUT2D eigenvalue weighted by Crippen LogP contribution is 2.39. The van der Waals surface area contributed by atoms with Crippen LogP contribution in [0.5, 0.6) is 17.2 Å². The van der Waals surface area contributed by atoms with Gasteiger partial charge in [-0.1, -0.05) is 6.07 Å². The van der Waals surface area contributed by atoms with Gasteiger partial charge in [-0.15, -0.1) is 0 Å². The predicted molar refractivity (Wildman–Crippen MR) is 74.6 cm³/mol. The second-order valence-electron chi connectivity index (χ2n) is 4.54. The van der Waals surface area contributed by atoms with E-state index in [4.69, 9.17) is 14.2 Å². The molecule has 3 rings (SSSR count). The molecule has 0 bridgehead atoms. The van der Waals surface area contributed by atoms with Gasteiger partial charge in [-0.05, 0) is 42.8 Å². The number of methoxy groups -OCH3 is 1. The van der Waals surface area contributed by atoms with E-state index in [2.05, 4.69) is 0 Å². The van der Waals surface area contributed by atoms with Crippen molar-refractivity contribution in [1.29, 1.82) is 0 Å². The van der Waals surface area contributed by atoms with Crippen molar-refractivity contribution in [3.8, 4) is 28.4 Å². The van der Waals surface area contributed by atoms with Crippen molar-refractivity contribution in [2.45, 2.75) is 6.92 Å². The minimum absolute atomic E-state index is 0.0228. The summed E-state index contributed by atoms with van der Waals surface area (Å²) in [6, 6.07) is 11.1. The van der Waals surface area contributed by atoms with E-state index in [1.807, 2.05) is 24.3 Å². The Morgan fingerprint density at radius 3 is 2.65 bits per heavy atom. The summed E-state index contributed by atoms with van der Waals surface area (Å²) in [5, 5.41) is 0. The van der Waals surface area contributed by atoms with Crippen LogP contribution >= 0.6 is 0 Å². The van der Waals surface area contributed by atoms with Crippen molar-refractivity contribution < 1.29 is 19.0 Å². The maximum atomic E-state index is 11.5. The van der Waals surface area contributed by atoms with E-state index in [-0.39, 0.29) is 12.6 Å². The molecule has 4 nitrogen and oxygen atoms in total. The van der Waals surface area contributed by atoms with Gasteiger partial charge in [0.05, 0.1) is 7.11 Å². The Labute approximate surface area is 116 Å². The number of fused-ring (bicyclic) bond motifs is 1. The minimum Gasteiger partial charge on any atom is -0.496 e. The van der Waals surface area contributed by atoms with E-state index >= 15 is 0 Å². The Bertz CT molecular complexity index is 676. The second kappa shape index (κ2) is 4.89. The fraction of sp³-hybridized carbons (Fsp3) is 0.188. The molecular formula is C16H14O4. The molecule has 0 amide bonds. The highest BCUT2D eigenvalue weighted by atomic mass is 16.7. The molecule has 0 aromatic heterocycles. The average Bonchev–Trinajstić information content (AvgIpc) is 2.93. The van der Waals surface area contributed by atoms with Crippen molar-refractivity contribution in [1.82, 2.24) is 0 Å². The SMILES string of the molecule is COc1ccc(C(C)=O)cc1-c1ccc2c(c1)OCO2. The quantitative estimate of drug-likeness (QED) is 0.803. The highest BCUT2D eigenvalue weighted by Gasteiger charge is 2.16. The van der Waals surface area contributed by atoms with Gasteiger partial charge in [-0.3, -0.25) is 4.79 Å². The predicted octanol–water partition coefficient (Wildman–Crippen LogP) is 3.29. The van der Waals surface area contributed by atoms with Crippen LogP contribution in [0.15, 0.2) is 36.4 Å². The van der Waals surface area contributed by atoms with Crippen molar-refractivity contribution in [3.05, 3.63) is 42.0 Å². The maximum absolute atomic E-state index is 11.5. The third-order valence-corrected chi connectivity index (χ3v) is 3.29. The summed E-state index contributed by atoms with van der Waals surface area (Å²) in [7, 11) is 1.61. The molecule has 102 valence electrons. The molecule has 0 radical (unpaired) electrons. The zero-order chi connectivity index (χ0) is 14.1. The number of rotatable bonds is 3. The zero-order valence-electron chi connectivity index (χ0n) is 11.3. The lowest BCUT2D eigenvalue weighted by molar-refractivity contribution is 0.101. The molecule has 0 spiro atoms. The summed E-state index contributed by atoms with van der Waals surface area (Å²) in [5.74, 6) is 2.18. The molecule has 2 aromatic carbocycles. The Morgan fingerprint density at radius 2 is 1.90 bits per heavy atom. The Kier molecular flexibility index (Phi) is 3.06. The molecule has 20 heavy (non-hydrogen) atoms. The first kappa shape index (κ1) is 12.5. The van der Waals surface area contributed by atoms with Crippen LogP contribution in [0.1, 0.15) is 17.3 Å². The summed E-state index contributed by atoms with van der Waals surface area (Å²) in [6.45, 7) is 1.79. The maximum Gasteiger partial charge on any atom is 0.231 e. The lowest BCUT2D eigenvalue weighted by Crippen LogP contribution is -1.95. The first-order valence-corrected chi connectivity index (χ1v) is 6.28. The fourth-order valence-electron chi connectivity index (χ4n) is 2.22. The number of Topliss-reactive ketones (excluding diaryl/α,β-unsaturated/α-hetero) is 1. The van der Waals surface area contributed by atoms with Gasteiger partial charge in [-0.25, -0.2) is 0 Å². The van der Waals surface area contributed by atoms with Gasteiger partial charge in [0, 0.05) is 11.1 Å². The molecule has 0 aliphatic carbocycles. The van der Waals surface area contributed by atoms with Crippen LogP contribution in [0.2, 0.25) is 0 Å². The molecular weight excluding hydrogens is 256 g/mol. The fourth-order valence-corrected chi connectivity index (χ4v) is 2.22. The summed E-state index contributed by atoms with van der Waals surface area (Å²) < 4.78 is 16.1. The Hall–Kier alpha value is -2.49. The first-order valence-electron chi connectivity index (χ1n) is 6.28. The van der Waals surface area contributed by atoms with E-state index in [1.165, 1.54) is 0 Å². The minimum atomic E-state index is 0.0228. The topological polar surface area (TPSA) is 44.8 Å². The van der Waals surface area contributed by atoms with Gasteiger partial charge < -0.3 is 14.2 Å². The number of hydrogen-bond donors (Lipinski definition) is 0. The molecule has 0 N–H and O–H groups in total. The second-order valence-corrected chi connectivity index (χ2v) is 4.54. The molecule has 1 aliphatic heterocycles. The van der Waals surface area contributed by atoms with Crippen LogP contribution in [0.3, 0.4) is 0 Å². The molecule has 2 aromatic rings. The van der Waals surface area contributed by atoms with E-state index in [9.17, 15) is 4.79 Å². The summed E-state index contributed by atoms with van der Waals surface area (Å²) in [5.41, 5.74) is 2.44.